The first-order valence-electron chi connectivity index (χ1n) is 8.84. The minimum absolute atomic E-state index is 0.144. The van der Waals surface area contributed by atoms with Crippen LogP contribution in [0.4, 0.5) is 21.3 Å². The molecule has 3 aromatic rings. The highest BCUT2D eigenvalue weighted by Crippen LogP contribution is 2.18. The molecule has 0 saturated carbocycles. The molecule has 0 unspecified atom stereocenters. The van der Waals surface area contributed by atoms with E-state index in [0.29, 0.717) is 16.5 Å². The molecule has 0 radical (unpaired) electrons. The summed E-state index contributed by atoms with van der Waals surface area (Å²) in [6, 6.07) is 13.1. The average Bonchev–Trinajstić information content (AvgIpc) is 3.00. The van der Waals surface area contributed by atoms with Gasteiger partial charge in [-0.1, -0.05) is 18.2 Å². The summed E-state index contributed by atoms with van der Waals surface area (Å²) in [7, 11) is 0. The molecule has 3 rings (SSSR count). The van der Waals surface area contributed by atoms with Crippen molar-refractivity contribution < 1.29 is 9.59 Å². The van der Waals surface area contributed by atoms with Gasteiger partial charge >= 0.3 is 6.03 Å². The van der Waals surface area contributed by atoms with Gasteiger partial charge in [-0.25, -0.2) is 9.78 Å². The summed E-state index contributed by atoms with van der Waals surface area (Å²) in [5.41, 5.74) is 5.34. The molecule has 2 aromatic carbocycles. The van der Waals surface area contributed by atoms with E-state index in [-0.39, 0.29) is 18.4 Å². The molecule has 0 spiro atoms. The van der Waals surface area contributed by atoms with Crippen LogP contribution in [0.1, 0.15) is 22.4 Å². The molecule has 7 heteroatoms. The Kier molecular flexibility index (Phi) is 6.06. The molecule has 28 heavy (non-hydrogen) atoms. The molecule has 6 nitrogen and oxygen atoms in total. The highest BCUT2D eigenvalue weighted by atomic mass is 32.1. The lowest BCUT2D eigenvalue weighted by atomic mass is 10.1. The van der Waals surface area contributed by atoms with Crippen molar-refractivity contribution in [1.29, 1.82) is 0 Å². The third-order valence-corrected chi connectivity index (χ3v) is 4.70. The van der Waals surface area contributed by atoms with E-state index in [1.165, 1.54) is 11.3 Å². The highest BCUT2D eigenvalue weighted by Gasteiger charge is 2.11. The van der Waals surface area contributed by atoms with E-state index in [1.807, 2.05) is 57.2 Å². The van der Waals surface area contributed by atoms with Crippen molar-refractivity contribution in [3.05, 3.63) is 70.2 Å². The predicted octanol–water partition coefficient (Wildman–Crippen LogP) is 4.89. The number of rotatable bonds is 5. The predicted molar refractivity (Wildman–Crippen MR) is 114 cm³/mol. The molecule has 0 atom stereocenters. The van der Waals surface area contributed by atoms with Crippen LogP contribution in [0.25, 0.3) is 0 Å². The van der Waals surface area contributed by atoms with E-state index in [4.69, 9.17) is 0 Å². The first-order valence-corrected chi connectivity index (χ1v) is 9.72. The van der Waals surface area contributed by atoms with Crippen molar-refractivity contribution >= 4 is 39.8 Å². The summed E-state index contributed by atoms with van der Waals surface area (Å²) in [5, 5.41) is 10.6. The van der Waals surface area contributed by atoms with E-state index in [1.54, 1.807) is 5.38 Å². The second-order valence-electron chi connectivity index (χ2n) is 6.69. The number of urea groups is 1. The Balaban J connectivity index is 1.54. The number of anilines is 3. The Morgan fingerprint density at radius 1 is 0.893 bits per heavy atom. The summed E-state index contributed by atoms with van der Waals surface area (Å²) < 4.78 is 0. The number of nitrogens with one attached hydrogen (secondary N) is 3. The van der Waals surface area contributed by atoms with E-state index in [0.717, 1.165) is 22.4 Å². The van der Waals surface area contributed by atoms with Crippen LogP contribution < -0.4 is 16.0 Å². The molecule has 3 N–H and O–H groups in total. The van der Waals surface area contributed by atoms with E-state index in [9.17, 15) is 9.59 Å². The lowest BCUT2D eigenvalue weighted by Crippen LogP contribution is -2.19. The SMILES string of the molecule is Cc1cc(C)cc(NC(=O)Cc2csc(NC(=O)Nc3cccc(C)c3)n2)c1. The minimum atomic E-state index is -0.369. The van der Waals surface area contributed by atoms with Crippen molar-refractivity contribution in [3.8, 4) is 0 Å². The van der Waals surface area contributed by atoms with Gasteiger partial charge in [0.05, 0.1) is 12.1 Å². The Hall–Kier alpha value is -3.19. The van der Waals surface area contributed by atoms with Crippen LogP contribution in [-0.2, 0) is 11.2 Å². The zero-order chi connectivity index (χ0) is 20.1. The van der Waals surface area contributed by atoms with Crippen molar-refractivity contribution in [2.75, 3.05) is 16.0 Å². The number of hydrogen-bond acceptors (Lipinski definition) is 4. The maximum atomic E-state index is 12.3. The Morgan fingerprint density at radius 3 is 2.32 bits per heavy atom. The van der Waals surface area contributed by atoms with Gasteiger partial charge in [0.2, 0.25) is 5.91 Å². The summed E-state index contributed by atoms with van der Waals surface area (Å²) in [6.45, 7) is 5.94. The van der Waals surface area contributed by atoms with Crippen LogP contribution in [-0.4, -0.2) is 16.9 Å². The number of carbonyl (C=O) groups is 2. The van der Waals surface area contributed by atoms with Crippen molar-refractivity contribution in [3.63, 3.8) is 0 Å². The van der Waals surface area contributed by atoms with Crippen LogP contribution in [0, 0.1) is 20.8 Å². The zero-order valence-electron chi connectivity index (χ0n) is 16.0. The number of hydrogen-bond donors (Lipinski definition) is 3. The molecule has 0 fully saturated rings. The summed E-state index contributed by atoms with van der Waals surface area (Å²) in [6.07, 6.45) is 0.144. The molecule has 0 aliphatic carbocycles. The zero-order valence-corrected chi connectivity index (χ0v) is 16.8. The fourth-order valence-corrected chi connectivity index (χ4v) is 3.55. The lowest BCUT2D eigenvalue weighted by Gasteiger charge is -2.07. The molecule has 3 amide bonds. The van der Waals surface area contributed by atoms with Gasteiger partial charge in [-0.05, 0) is 61.7 Å². The quantitative estimate of drug-likeness (QED) is 0.576. The number of benzene rings is 2. The second kappa shape index (κ2) is 8.67. The maximum absolute atomic E-state index is 12.3. The van der Waals surface area contributed by atoms with Gasteiger partial charge < -0.3 is 10.6 Å². The van der Waals surface area contributed by atoms with Gasteiger partial charge in [-0.2, -0.15) is 0 Å². The summed E-state index contributed by atoms with van der Waals surface area (Å²) in [4.78, 5) is 28.7. The van der Waals surface area contributed by atoms with Crippen LogP contribution in [0.15, 0.2) is 47.8 Å². The molecule has 0 bridgehead atoms. The summed E-state index contributed by atoms with van der Waals surface area (Å²) >= 11 is 1.28. The fourth-order valence-electron chi connectivity index (χ4n) is 2.84. The largest absolute Gasteiger partial charge is 0.326 e. The minimum Gasteiger partial charge on any atom is -0.326 e. The van der Waals surface area contributed by atoms with Gasteiger partial charge in [0.25, 0.3) is 0 Å². The monoisotopic (exact) mass is 394 g/mol. The second-order valence-corrected chi connectivity index (χ2v) is 7.55. The topological polar surface area (TPSA) is 83.1 Å². The average molecular weight is 395 g/mol. The molecule has 1 aromatic heterocycles. The standard InChI is InChI=1S/C21H22N4O2S/c1-13-5-4-6-16(8-13)23-20(27)25-21-24-18(12-28-21)11-19(26)22-17-9-14(2)7-15(3)10-17/h4-10,12H,11H2,1-3H3,(H,22,26)(H2,23,24,25,27). The molecular weight excluding hydrogens is 372 g/mol. The molecule has 144 valence electrons. The van der Waals surface area contributed by atoms with Gasteiger partial charge in [-0.15, -0.1) is 11.3 Å². The van der Waals surface area contributed by atoms with E-state index < -0.39 is 0 Å². The lowest BCUT2D eigenvalue weighted by molar-refractivity contribution is -0.115. The number of thiazole rings is 1. The number of aromatic nitrogens is 1. The van der Waals surface area contributed by atoms with E-state index in [2.05, 4.69) is 27.0 Å². The molecule has 0 aliphatic rings. The van der Waals surface area contributed by atoms with Gasteiger partial charge in [-0.3, -0.25) is 10.1 Å². The fraction of sp³-hybridized carbons (Fsp3) is 0.190. The molecule has 1 heterocycles. The normalized spacial score (nSPS) is 10.4. The van der Waals surface area contributed by atoms with Gasteiger partial charge in [0, 0.05) is 16.8 Å². The smallest absolute Gasteiger partial charge is 0.325 e. The van der Waals surface area contributed by atoms with Crippen LogP contribution in [0.5, 0.6) is 0 Å². The number of amides is 3. The number of nitrogens with zero attached hydrogens (tertiary/aromatic N) is 1. The molecule has 0 aliphatic heterocycles. The number of aryl methyl sites for hydroxylation is 3. The van der Waals surface area contributed by atoms with Crippen LogP contribution in [0.2, 0.25) is 0 Å². The number of carbonyl (C=O) groups excluding carboxylic acids is 2. The Morgan fingerprint density at radius 2 is 1.61 bits per heavy atom. The van der Waals surface area contributed by atoms with Gasteiger partial charge in [0.15, 0.2) is 5.13 Å². The first kappa shape index (κ1) is 19.6. The van der Waals surface area contributed by atoms with Crippen molar-refractivity contribution in [2.24, 2.45) is 0 Å². The summed E-state index contributed by atoms with van der Waals surface area (Å²) in [5.74, 6) is -0.147. The third-order valence-electron chi connectivity index (χ3n) is 3.90. The van der Waals surface area contributed by atoms with Gasteiger partial charge in [0.1, 0.15) is 0 Å². The molecule has 0 saturated heterocycles. The first-order chi connectivity index (χ1) is 13.4. The molecular formula is C21H22N4O2S. The van der Waals surface area contributed by atoms with Crippen LogP contribution >= 0.6 is 11.3 Å². The van der Waals surface area contributed by atoms with Crippen LogP contribution in [0.3, 0.4) is 0 Å². The Bertz CT molecular complexity index is 993. The van der Waals surface area contributed by atoms with E-state index >= 15 is 0 Å². The third kappa shape index (κ3) is 5.65. The van der Waals surface area contributed by atoms with Crippen molar-refractivity contribution in [2.45, 2.75) is 27.2 Å². The van der Waals surface area contributed by atoms with Crippen molar-refractivity contribution in [1.82, 2.24) is 4.98 Å². The Labute approximate surface area is 168 Å². The highest BCUT2D eigenvalue weighted by molar-refractivity contribution is 7.14. The maximum Gasteiger partial charge on any atom is 0.325 e.